The molecular weight excluding hydrogens is 242 g/mol. The van der Waals surface area contributed by atoms with Crippen LogP contribution in [0.4, 0.5) is 5.69 Å². The van der Waals surface area contributed by atoms with Gasteiger partial charge in [-0.15, -0.1) is 0 Å². The van der Waals surface area contributed by atoms with Crippen molar-refractivity contribution in [3.8, 4) is 11.5 Å². The van der Waals surface area contributed by atoms with Crippen molar-refractivity contribution < 1.29 is 19.3 Å². The van der Waals surface area contributed by atoms with Gasteiger partial charge in [-0.3, -0.25) is 10.1 Å². The Labute approximate surface area is 100 Å². The van der Waals surface area contributed by atoms with Crippen LogP contribution in [0.5, 0.6) is 0 Å². The van der Waals surface area contributed by atoms with Crippen LogP contribution in [0.2, 0.25) is 0 Å². The van der Waals surface area contributed by atoms with Crippen molar-refractivity contribution in [2.24, 2.45) is 0 Å². The highest BCUT2D eigenvalue weighted by Crippen LogP contribution is 2.28. The summed E-state index contributed by atoms with van der Waals surface area (Å²) in [5.41, 5.74) is 0.579. The molecule has 0 atom stereocenters. The molecule has 0 unspecified atom stereocenters. The molecule has 1 heterocycles. The van der Waals surface area contributed by atoms with Crippen molar-refractivity contribution in [1.82, 2.24) is 10.1 Å². The zero-order valence-corrected chi connectivity index (χ0v) is 9.15. The predicted octanol–water partition coefficient (Wildman–Crippen LogP) is 1.65. The van der Waals surface area contributed by atoms with Gasteiger partial charge in [0, 0.05) is 17.2 Å². The highest BCUT2D eigenvalue weighted by Gasteiger charge is 2.20. The largest absolute Gasteiger partial charge is 0.475 e. The molecule has 0 spiro atoms. The number of carboxylic acid groups (broad SMARTS) is 1. The molecule has 0 bridgehead atoms. The van der Waals surface area contributed by atoms with Crippen LogP contribution in [0.25, 0.3) is 11.5 Å². The number of nitro groups is 1. The van der Waals surface area contributed by atoms with Crippen molar-refractivity contribution >= 4 is 11.7 Å². The second kappa shape index (κ2) is 4.24. The lowest BCUT2D eigenvalue weighted by atomic mass is 10.1. The minimum atomic E-state index is -1.33. The van der Waals surface area contributed by atoms with E-state index in [1.807, 2.05) is 0 Å². The maximum absolute atomic E-state index is 10.8. The number of hydrogen-bond acceptors (Lipinski definition) is 6. The molecule has 2 rings (SSSR count). The van der Waals surface area contributed by atoms with Crippen molar-refractivity contribution in [1.29, 1.82) is 0 Å². The minimum Gasteiger partial charge on any atom is -0.475 e. The Morgan fingerprint density at radius 1 is 1.50 bits per heavy atom. The molecule has 18 heavy (non-hydrogen) atoms. The van der Waals surface area contributed by atoms with Crippen LogP contribution in [0.3, 0.4) is 0 Å². The molecule has 0 radical (unpaired) electrons. The topological polar surface area (TPSA) is 119 Å². The zero-order chi connectivity index (χ0) is 13.3. The van der Waals surface area contributed by atoms with Gasteiger partial charge in [0.1, 0.15) is 0 Å². The van der Waals surface area contributed by atoms with E-state index in [0.29, 0.717) is 11.1 Å². The van der Waals surface area contributed by atoms with E-state index in [9.17, 15) is 14.9 Å². The molecule has 0 aliphatic heterocycles. The molecule has 0 fully saturated rings. The van der Waals surface area contributed by atoms with Gasteiger partial charge in [0.25, 0.3) is 17.4 Å². The Bertz CT molecular complexity index is 634. The van der Waals surface area contributed by atoms with Gasteiger partial charge in [0.05, 0.1) is 4.92 Å². The predicted molar refractivity (Wildman–Crippen MR) is 58.1 cm³/mol. The average molecular weight is 249 g/mol. The SMILES string of the molecule is Cc1c(-c2nc(C(=O)O)no2)cccc1[N+](=O)[O-]. The lowest BCUT2D eigenvalue weighted by molar-refractivity contribution is -0.385. The summed E-state index contributed by atoms with van der Waals surface area (Å²) in [5, 5.41) is 22.7. The second-order valence-electron chi connectivity index (χ2n) is 3.44. The van der Waals surface area contributed by atoms with Gasteiger partial charge >= 0.3 is 5.97 Å². The fourth-order valence-electron chi connectivity index (χ4n) is 1.47. The highest BCUT2D eigenvalue weighted by atomic mass is 16.6. The Kier molecular flexibility index (Phi) is 2.76. The summed E-state index contributed by atoms with van der Waals surface area (Å²) in [4.78, 5) is 24.5. The van der Waals surface area contributed by atoms with Gasteiger partial charge in [-0.05, 0) is 18.1 Å². The van der Waals surface area contributed by atoms with Crippen molar-refractivity contribution in [3.63, 3.8) is 0 Å². The number of aromatic carboxylic acids is 1. The summed E-state index contributed by atoms with van der Waals surface area (Å²) in [6, 6.07) is 4.35. The van der Waals surface area contributed by atoms with Gasteiger partial charge in [0.15, 0.2) is 0 Å². The zero-order valence-electron chi connectivity index (χ0n) is 9.15. The summed E-state index contributed by atoms with van der Waals surface area (Å²) in [6.07, 6.45) is 0. The van der Waals surface area contributed by atoms with Crippen LogP contribution in [0.1, 0.15) is 16.2 Å². The third-order valence-corrected chi connectivity index (χ3v) is 2.35. The van der Waals surface area contributed by atoms with Crippen LogP contribution >= 0.6 is 0 Å². The standard InChI is InChI=1S/C10H7N3O5/c1-5-6(3-2-4-7(5)13(16)17)9-11-8(10(14)15)12-18-9/h2-4H,1H3,(H,14,15). The summed E-state index contributed by atoms with van der Waals surface area (Å²) in [5.74, 6) is -1.88. The number of nitrogens with zero attached hydrogens (tertiary/aromatic N) is 3. The van der Waals surface area contributed by atoms with Crippen LogP contribution < -0.4 is 0 Å². The smallest absolute Gasteiger partial charge is 0.377 e. The molecule has 1 N–H and O–H groups in total. The Balaban J connectivity index is 2.53. The van der Waals surface area contributed by atoms with E-state index in [0.717, 1.165) is 0 Å². The molecule has 92 valence electrons. The Morgan fingerprint density at radius 3 is 2.78 bits per heavy atom. The van der Waals surface area contributed by atoms with E-state index in [1.165, 1.54) is 19.1 Å². The first kappa shape index (κ1) is 11.7. The first-order valence-corrected chi connectivity index (χ1v) is 4.82. The molecule has 8 nitrogen and oxygen atoms in total. The van der Waals surface area contributed by atoms with Crippen molar-refractivity contribution in [3.05, 3.63) is 39.7 Å². The number of carbonyl (C=O) groups is 1. The highest BCUT2D eigenvalue weighted by molar-refractivity contribution is 5.83. The van der Waals surface area contributed by atoms with E-state index in [-0.39, 0.29) is 11.6 Å². The molecule has 1 aromatic carbocycles. The fourth-order valence-corrected chi connectivity index (χ4v) is 1.47. The van der Waals surface area contributed by atoms with Gasteiger partial charge in [-0.25, -0.2) is 4.79 Å². The van der Waals surface area contributed by atoms with Crippen LogP contribution in [-0.2, 0) is 0 Å². The second-order valence-corrected chi connectivity index (χ2v) is 3.44. The quantitative estimate of drug-likeness (QED) is 0.648. The number of rotatable bonds is 3. The first-order chi connectivity index (χ1) is 8.50. The fraction of sp³-hybridized carbons (Fsp3) is 0.100. The third kappa shape index (κ3) is 1.90. The van der Waals surface area contributed by atoms with Gasteiger partial charge < -0.3 is 9.63 Å². The summed E-state index contributed by atoms with van der Waals surface area (Å²) >= 11 is 0. The summed E-state index contributed by atoms with van der Waals surface area (Å²) in [6.45, 7) is 1.53. The monoisotopic (exact) mass is 249 g/mol. The Hall–Kier alpha value is -2.77. The normalized spacial score (nSPS) is 10.3. The molecular formula is C10H7N3O5. The average Bonchev–Trinajstić information content (AvgIpc) is 2.78. The number of aromatic nitrogens is 2. The molecule has 2 aromatic rings. The van der Waals surface area contributed by atoms with E-state index in [4.69, 9.17) is 9.63 Å². The van der Waals surface area contributed by atoms with E-state index < -0.39 is 16.7 Å². The maximum Gasteiger partial charge on any atom is 0.377 e. The Morgan fingerprint density at radius 2 is 2.22 bits per heavy atom. The third-order valence-electron chi connectivity index (χ3n) is 2.35. The van der Waals surface area contributed by atoms with E-state index in [1.54, 1.807) is 6.07 Å². The molecule has 0 saturated heterocycles. The van der Waals surface area contributed by atoms with Crippen molar-refractivity contribution in [2.75, 3.05) is 0 Å². The number of hydrogen-bond donors (Lipinski definition) is 1. The number of carboxylic acids is 1. The van der Waals surface area contributed by atoms with Crippen LogP contribution in [-0.4, -0.2) is 26.1 Å². The van der Waals surface area contributed by atoms with Crippen LogP contribution in [0.15, 0.2) is 22.7 Å². The lowest BCUT2D eigenvalue weighted by Gasteiger charge is -2.00. The maximum atomic E-state index is 10.8. The summed E-state index contributed by atoms with van der Waals surface area (Å²) < 4.78 is 4.76. The van der Waals surface area contributed by atoms with Crippen LogP contribution in [0, 0.1) is 17.0 Å². The molecule has 8 heteroatoms. The van der Waals surface area contributed by atoms with Crippen molar-refractivity contribution in [2.45, 2.75) is 6.92 Å². The molecule has 0 aliphatic rings. The van der Waals surface area contributed by atoms with E-state index in [2.05, 4.69) is 10.1 Å². The summed E-state index contributed by atoms with van der Waals surface area (Å²) in [7, 11) is 0. The van der Waals surface area contributed by atoms with Gasteiger partial charge in [0.2, 0.25) is 0 Å². The van der Waals surface area contributed by atoms with E-state index >= 15 is 0 Å². The molecule has 0 amide bonds. The van der Waals surface area contributed by atoms with Gasteiger partial charge in [-0.1, -0.05) is 6.07 Å². The lowest BCUT2D eigenvalue weighted by Crippen LogP contribution is -1.98. The van der Waals surface area contributed by atoms with Gasteiger partial charge in [-0.2, -0.15) is 4.98 Å². The molecule has 1 aromatic heterocycles. The number of nitro benzene ring substituents is 1. The minimum absolute atomic E-state index is 0.0615. The number of benzene rings is 1. The molecule has 0 saturated carbocycles. The first-order valence-electron chi connectivity index (χ1n) is 4.82. The molecule has 0 aliphatic carbocycles.